The third-order valence-electron chi connectivity index (χ3n) is 4.23. The van der Waals surface area contributed by atoms with Crippen LogP contribution in [0.2, 0.25) is 0 Å². The third-order valence-corrected chi connectivity index (χ3v) is 4.23. The second-order valence-corrected chi connectivity index (χ2v) is 6.16. The number of alkyl halides is 3. The fraction of sp³-hybridized carbons (Fsp3) is 0.316. The molecule has 0 aliphatic rings. The minimum Gasteiger partial charge on any atom is -0.497 e. The van der Waals surface area contributed by atoms with Crippen LogP contribution in [-0.4, -0.2) is 26.1 Å². The van der Waals surface area contributed by atoms with Gasteiger partial charge in [-0.2, -0.15) is 13.2 Å². The van der Waals surface area contributed by atoms with Crippen LogP contribution >= 0.6 is 0 Å². The lowest BCUT2D eigenvalue weighted by atomic mass is 10.1. The Hall–Kier alpha value is -2.54. The van der Waals surface area contributed by atoms with Crippen LogP contribution in [0.5, 0.6) is 5.75 Å². The van der Waals surface area contributed by atoms with Crippen molar-refractivity contribution in [2.24, 2.45) is 0 Å². The van der Waals surface area contributed by atoms with Crippen molar-refractivity contribution >= 4 is 11.6 Å². The molecule has 1 unspecified atom stereocenters. The Morgan fingerprint density at radius 2 is 1.85 bits per heavy atom. The molecule has 2 aromatic rings. The Morgan fingerprint density at radius 1 is 1.19 bits per heavy atom. The Morgan fingerprint density at radius 3 is 2.42 bits per heavy atom. The van der Waals surface area contributed by atoms with E-state index in [0.717, 1.165) is 22.6 Å². The number of carbonyl (C=O) groups excluding carboxylic acids is 1. The highest BCUT2D eigenvalue weighted by Gasteiger charge is 2.30. The molecule has 2 aromatic carbocycles. The topological polar surface area (TPSA) is 42.8 Å². The molecule has 0 saturated heterocycles. The van der Waals surface area contributed by atoms with Crippen molar-refractivity contribution in [1.29, 1.82) is 0 Å². The van der Waals surface area contributed by atoms with Crippen molar-refractivity contribution in [3.8, 4) is 5.75 Å². The summed E-state index contributed by atoms with van der Waals surface area (Å²) in [6.07, 6.45) is -4.35. The van der Waals surface area contributed by atoms with E-state index in [2.05, 4.69) is 5.32 Å². The quantitative estimate of drug-likeness (QED) is 0.825. The summed E-state index contributed by atoms with van der Waals surface area (Å²) in [4.78, 5) is 13.3. The van der Waals surface area contributed by atoms with Gasteiger partial charge in [0.05, 0.1) is 19.7 Å². The number of nitrogens with one attached hydrogen (secondary N) is 2. The average molecular weight is 367 g/mol. The summed E-state index contributed by atoms with van der Waals surface area (Å²) in [7, 11) is 3.37. The zero-order valence-corrected chi connectivity index (χ0v) is 14.9. The van der Waals surface area contributed by atoms with Crippen molar-refractivity contribution in [2.45, 2.75) is 25.7 Å². The van der Waals surface area contributed by atoms with E-state index in [0.29, 0.717) is 18.0 Å². The fourth-order valence-corrected chi connectivity index (χ4v) is 2.46. The van der Waals surface area contributed by atoms with Gasteiger partial charge in [-0.05, 0) is 31.2 Å². The van der Waals surface area contributed by atoms with Crippen molar-refractivity contribution in [3.05, 3.63) is 59.7 Å². The number of amides is 1. The maximum atomic E-state index is 12.6. The molecule has 0 aliphatic carbocycles. The third kappa shape index (κ3) is 5.23. The molecule has 0 fully saturated rings. The van der Waals surface area contributed by atoms with Gasteiger partial charge < -0.3 is 15.0 Å². The summed E-state index contributed by atoms with van der Waals surface area (Å²) in [6.45, 7) is 2.21. The van der Waals surface area contributed by atoms with E-state index in [-0.39, 0.29) is 11.9 Å². The number of carbonyl (C=O) groups is 1. The molecule has 0 heterocycles. The van der Waals surface area contributed by atoms with E-state index in [1.807, 2.05) is 7.05 Å². The first-order valence-electron chi connectivity index (χ1n) is 8.14. The van der Waals surface area contributed by atoms with E-state index in [4.69, 9.17) is 4.74 Å². The largest absolute Gasteiger partial charge is 0.497 e. The second-order valence-electron chi connectivity index (χ2n) is 6.16. The molecular weight excluding hydrogens is 345 g/mol. The van der Waals surface area contributed by atoms with Gasteiger partial charge in [0, 0.05) is 17.3 Å². The smallest absolute Gasteiger partial charge is 0.416 e. The van der Waals surface area contributed by atoms with Gasteiger partial charge in [0.15, 0.2) is 6.04 Å². The number of halogens is 3. The molecule has 0 radical (unpaired) electrons. The number of benzene rings is 2. The Bertz CT molecular complexity index is 745. The fourth-order valence-electron chi connectivity index (χ4n) is 2.46. The first-order chi connectivity index (χ1) is 12.2. The van der Waals surface area contributed by atoms with Gasteiger partial charge in [0.25, 0.3) is 5.91 Å². The summed E-state index contributed by atoms with van der Waals surface area (Å²) in [5.74, 6) is 0.462. The standard InChI is InChI=1S/C19H21F3N2O2/c1-13(18(25)23-16-5-4-6-17(11-16)26-3)24(2)12-14-7-9-15(10-8-14)19(20,21)22/h4-11,13H,12H2,1-3H3,(H,23,25)/p+1/t13-/m1/s1. The number of methoxy groups -OCH3 is 1. The Labute approximate surface area is 150 Å². The maximum absolute atomic E-state index is 12.6. The molecule has 26 heavy (non-hydrogen) atoms. The minimum atomic E-state index is -4.35. The van der Waals surface area contributed by atoms with Crippen LogP contribution in [0.4, 0.5) is 18.9 Å². The van der Waals surface area contributed by atoms with E-state index in [1.54, 1.807) is 38.3 Å². The molecule has 4 nitrogen and oxygen atoms in total. The van der Waals surface area contributed by atoms with Crippen molar-refractivity contribution in [3.63, 3.8) is 0 Å². The summed E-state index contributed by atoms with van der Waals surface area (Å²) in [5.41, 5.74) is 0.683. The number of rotatable bonds is 6. The van der Waals surface area contributed by atoms with Crippen LogP contribution in [0, 0.1) is 0 Å². The predicted octanol–water partition coefficient (Wildman–Crippen LogP) is 2.76. The molecule has 2 atom stereocenters. The van der Waals surface area contributed by atoms with Gasteiger partial charge in [-0.15, -0.1) is 0 Å². The molecule has 7 heteroatoms. The Balaban J connectivity index is 1.97. The van der Waals surface area contributed by atoms with E-state index >= 15 is 0 Å². The molecule has 0 aromatic heterocycles. The highest BCUT2D eigenvalue weighted by molar-refractivity contribution is 5.93. The lowest BCUT2D eigenvalue weighted by molar-refractivity contribution is -0.907. The predicted molar refractivity (Wildman–Crippen MR) is 93.1 cm³/mol. The van der Waals surface area contributed by atoms with Gasteiger partial charge in [-0.1, -0.05) is 18.2 Å². The highest BCUT2D eigenvalue weighted by Crippen LogP contribution is 2.28. The van der Waals surface area contributed by atoms with Gasteiger partial charge in [0.2, 0.25) is 0 Å². The van der Waals surface area contributed by atoms with Gasteiger partial charge in [0.1, 0.15) is 12.3 Å². The van der Waals surface area contributed by atoms with Crippen LogP contribution < -0.4 is 15.0 Å². The molecule has 1 amide bonds. The van der Waals surface area contributed by atoms with Crippen molar-refractivity contribution in [2.75, 3.05) is 19.5 Å². The lowest BCUT2D eigenvalue weighted by Gasteiger charge is -2.21. The second kappa shape index (κ2) is 8.23. The number of likely N-dealkylation sites (N-methyl/N-ethyl adjacent to an activating group) is 1. The minimum absolute atomic E-state index is 0.178. The molecule has 140 valence electrons. The number of ether oxygens (including phenoxy) is 1. The normalized spacial score (nSPS) is 13.8. The van der Waals surface area contributed by atoms with Crippen LogP contribution in [0.25, 0.3) is 0 Å². The van der Waals surface area contributed by atoms with Crippen LogP contribution in [-0.2, 0) is 17.5 Å². The SMILES string of the molecule is COc1cccc(NC(=O)[C@@H](C)[NH+](C)Cc2ccc(C(F)(F)F)cc2)c1. The molecular formula is C19H22F3N2O2+. The van der Waals surface area contributed by atoms with Crippen molar-refractivity contribution < 1.29 is 27.6 Å². The monoisotopic (exact) mass is 367 g/mol. The summed E-state index contributed by atoms with van der Waals surface area (Å²) >= 11 is 0. The van der Waals surface area contributed by atoms with Gasteiger partial charge >= 0.3 is 6.18 Å². The number of hydrogen-bond acceptors (Lipinski definition) is 2. The van der Waals surface area contributed by atoms with Gasteiger partial charge in [-0.3, -0.25) is 4.79 Å². The Kier molecular flexibility index (Phi) is 6.26. The zero-order chi connectivity index (χ0) is 19.3. The average Bonchev–Trinajstić information content (AvgIpc) is 2.60. The number of hydrogen-bond donors (Lipinski definition) is 2. The van der Waals surface area contributed by atoms with Crippen LogP contribution in [0.3, 0.4) is 0 Å². The van der Waals surface area contributed by atoms with E-state index in [9.17, 15) is 18.0 Å². The van der Waals surface area contributed by atoms with Crippen LogP contribution in [0.15, 0.2) is 48.5 Å². The summed E-state index contributed by atoms with van der Waals surface area (Å²) < 4.78 is 43.0. The molecule has 2 rings (SSSR count). The molecule has 0 aliphatic heterocycles. The highest BCUT2D eigenvalue weighted by atomic mass is 19.4. The first kappa shape index (κ1) is 19.8. The molecule has 0 saturated carbocycles. The summed E-state index contributed by atoms with van der Waals surface area (Å²) in [6, 6.07) is 11.7. The van der Waals surface area contributed by atoms with Crippen LogP contribution in [0.1, 0.15) is 18.1 Å². The first-order valence-corrected chi connectivity index (χ1v) is 8.14. The van der Waals surface area contributed by atoms with E-state index < -0.39 is 11.7 Å². The number of anilines is 1. The molecule has 0 bridgehead atoms. The lowest BCUT2D eigenvalue weighted by Crippen LogP contribution is -3.12. The molecule has 2 N–H and O–H groups in total. The summed E-state index contributed by atoms with van der Waals surface area (Å²) in [5, 5.41) is 2.82. The molecule has 0 spiro atoms. The zero-order valence-electron chi connectivity index (χ0n) is 14.9. The maximum Gasteiger partial charge on any atom is 0.416 e. The van der Waals surface area contributed by atoms with Gasteiger partial charge in [-0.25, -0.2) is 0 Å². The van der Waals surface area contributed by atoms with E-state index in [1.165, 1.54) is 12.1 Å². The number of quaternary nitrogens is 1. The van der Waals surface area contributed by atoms with Crippen molar-refractivity contribution in [1.82, 2.24) is 0 Å².